The van der Waals surface area contributed by atoms with Crippen LogP contribution in [-0.4, -0.2) is 44.2 Å². The summed E-state index contributed by atoms with van der Waals surface area (Å²) < 4.78 is 0. The summed E-state index contributed by atoms with van der Waals surface area (Å²) in [7, 11) is 0. The molecule has 1 saturated heterocycles. The van der Waals surface area contributed by atoms with Crippen molar-refractivity contribution in [3.05, 3.63) is 29.8 Å². The molecule has 2 rings (SSSR count). The van der Waals surface area contributed by atoms with E-state index in [2.05, 4.69) is 46.7 Å². The van der Waals surface area contributed by atoms with Gasteiger partial charge in [0, 0.05) is 38.4 Å². The smallest absolute Gasteiger partial charge is 0.0372 e. The van der Waals surface area contributed by atoms with Gasteiger partial charge in [-0.3, -0.25) is 0 Å². The summed E-state index contributed by atoms with van der Waals surface area (Å²) in [6, 6.07) is 8.63. The van der Waals surface area contributed by atoms with Gasteiger partial charge in [0.1, 0.15) is 0 Å². The van der Waals surface area contributed by atoms with E-state index in [0.29, 0.717) is 0 Å². The van der Waals surface area contributed by atoms with Crippen molar-refractivity contribution in [2.45, 2.75) is 26.2 Å². The fourth-order valence-corrected chi connectivity index (χ4v) is 2.62. The maximum Gasteiger partial charge on any atom is 0.0372 e. The maximum atomic E-state index is 3.57. The van der Waals surface area contributed by atoms with E-state index in [1.54, 1.807) is 0 Å². The van der Waals surface area contributed by atoms with E-state index in [9.17, 15) is 0 Å². The monoisotopic (exact) mass is 261 g/mol. The van der Waals surface area contributed by atoms with Crippen molar-refractivity contribution in [1.29, 1.82) is 0 Å². The van der Waals surface area contributed by atoms with Crippen LogP contribution in [0, 0.1) is 0 Å². The molecular weight excluding hydrogens is 234 g/mol. The topological polar surface area (TPSA) is 27.3 Å². The highest BCUT2D eigenvalue weighted by Crippen LogP contribution is 2.15. The first kappa shape index (κ1) is 14.4. The number of para-hydroxylation sites is 1. The largest absolute Gasteiger partial charge is 0.385 e. The highest BCUT2D eigenvalue weighted by Gasteiger charge is 2.08. The van der Waals surface area contributed by atoms with Crippen molar-refractivity contribution < 1.29 is 0 Å². The summed E-state index contributed by atoms with van der Waals surface area (Å²) in [4.78, 5) is 2.57. The van der Waals surface area contributed by atoms with Crippen LogP contribution in [0.3, 0.4) is 0 Å². The third kappa shape index (κ3) is 4.84. The molecule has 0 unspecified atom stereocenters. The van der Waals surface area contributed by atoms with Crippen molar-refractivity contribution in [2.24, 2.45) is 0 Å². The summed E-state index contributed by atoms with van der Waals surface area (Å²) in [5.74, 6) is 0. The lowest BCUT2D eigenvalue weighted by Crippen LogP contribution is -2.43. The standard InChI is InChI=1S/C16H27N3/c1-2-15-7-3-4-8-16(15)18-9-5-6-12-19-13-10-17-11-14-19/h3-4,7-8,17-18H,2,5-6,9-14H2,1H3. The molecule has 1 aliphatic heterocycles. The van der Waals surface area contributed by atoms with E-state index in [1.807, 2.05) is 0 Å². The summed E-state index contributed by atoms with van der Waals surface area (Å²) in [5.41, 5.74) is 2.73. The average molecular weight is 261 g/mol. The van der Waals surface area contributed by atoms with Crippen molar-refractivity contribution in [3.8, 4) is 0 Å². The number of hydrogen-bond donors (Lipinski definition) is 2. The molecular formula is C16H27N3. The third-order valence-corrected chi connectivity index (χ3v) is 3.82. The molecule has 106 valence electrons. The van der Waals surface area contributed by atoms with Crippen molar-refractivity contribution >= 4 is 5.69 Å². The van der Waals surface area contributed by atoms with Gasteiger partial charge in [-0.1, -0.05) is 25.1 Å². The molecule has 0 aromatic heterocycles. The predicted octanol–water partition coefficient (Wildman–Crippen LogP) is 2.35. The first-order valence-corrected chi connectivity index (χ1v) is 7.65. The minimum Gasteiger partial charge on any atom is -0.385 e. The second kappa shape index (κ2) is 8.18. The van der Waals surface area contributed by atoms with Crippen LogP contribution < -0.4 is 10.6 Å². The van der Waals surface area contributed by atoms with Crippen LogP contribution in [0.4, 0.5) is 5.69 Å². The minimum atomic E-state index is 1.09. The van der Waals surface area contributed by atoms with Crippen LogP contribution in [-0.2, 0) is 6.42 Å². The van der Waals surface area contributed by atoms with Crippen molar-refractivity contribution in [3.63, 3.8) is 0 Å². The third-order valence-electron chi connectivity index (χ3n) is 3.82. The Kier molecular flexibility index (Phi) is 6.18. The Morgan fingerprint density at radius 1 is 1.16 bits per heavy atom. The number of nitrogens with zero attached hydrogens (tertiary/aromatic N) is 1. The van der Waals surface area contributed by atoms with E-state index in [1.165, 1.54) is 43.7 Å². The summed E-state index contributed by atoms with van der Waals surface area (Å²) >= 11 is 0. The van der Waals surface area contributed by atoms with Gasteiger partial charge in [0.15, 0.2) is 0 Å². The van der Waals surface area contributed by atoms with Gasteiger partial charge in [-0.15, -0.1) is 0 Å². The van der Waals surface area contributed by atoms with Crippen LogP contribution in [0.5, 0.6) is 0 Å². The molecule has 3 nitrogen and oxygen atoms in total. The maximum absolute atomic E-state index is 3.57. The molecule has 19 heavy (non-hydrogen) atoms. The van der Waals surface area contributed by atoms with Crippen LogP contribution in [0.15, 0.2) is 24.3 Å². The molecule has 1 aromatic carbocycles. The molecule has 0 atom stereocenters. The molecule has 2 N–H and O–H groups in total. The zero-order valence-electron chi connectivity index (χ0n) is 12.1. The molecule has 0 spiro atoms. The number of hydrogen-bond acceptors (Lipinski definition) is 3. The van der Waals surface area contributed by atoms with Gasteiger partial charge in [-0.05, 0) is 37.4 Å². The Balaban J connectivity index is 1.61. The number of benzene rings is 1. The molecule has 0 amide bonds. The number of rotatable bonds is 7. The van der Waals surface area contributed by atoms with Gasteiger partial charge in [0.05, 0.1) is 0 Å². The molecule has 0 aliphatic carbocycles. The first-order chi connectivity index (χ1) is 9.40. The van der Waals surface area contributed by atoms with Gasteiger partial charge >= 0.3 is 0 Å². The van der Waals surface area contributed by atoms with E-state index < -0.39 is 0 Å². The van der Waals surface area contributed by atoms with Crippen LogP contribution in [0.25, 0.3) is 0 Å². The van der Waals surface area contributed by atoms with Crippen LogP contribution >= 0.6 is 0 Å². The first-order valence-electron chi connectivity index (χ1n) is 7.65. The molecule has 0 saturated carbocycles. The molecule has 3 heteroatoms. The normalized spacial score (nSPS) is 16.5. The average Bonchev–Trinajstić information content (AvgIpc) is 2.48. The number of piperazine rings is 1. The number of anilines is 1. The predicted molar refractivity (Wildman–Crippen MR) is 82.9 cm³/mol. The summed E-state index contributed by atoms with van der Waals surface area (Å²) in [6.07, 6.45) is 3.65. The zero-order valence-corrected chi connectivity index (χ0v) is 12.1. The van der Waals surface area contributed by atoms with Gasteiger partial charge < -0.3 is 15.5 Å². The second-order valence-electron chi connectivity index (χ2n) is 5.24. The van der Waals surface area contributed by atoms with E-state index in [0.717, 1.165) is 26.1 Å². The highest BCUT2D eigenvalue weighted by molar-refractivity contribution is 5.50. The number of unbranched alkanes of at least 4 members (excludes halogenated alkanes) is 1. The molecule has 1 aliphatic rings. The lowest BCUT2D eigenvalue weighted by atomic mass is 10.1. The Morgan fingerprint density at radius 3 is 2.74 bits per heavy atom. The number of aryl methyl sites for hydroxylation is 1. The van der Waals surface area contributed by atoms with Crippen molar-refractivity contribution in [1.82, 2.24) is 10.2 Å². The Hall–Kier alpha value is -1.06. The van der Waals surface area contributed by atoms with Gasteiger partial charge in [-0.2, -0.15) is 0 Å². The van der Waals surface area contributed by atoms with Gasteiger partial charge in [0.2, 0.25) is 0 Å². The Labute approximate surface area is 117 Å². The lowest BCUT2D eigenvalue weighted by Gasteiger charge is -2.27. The quantitative estimate of drug-likeness (QED) is 0.738. The van der Waals surface area contributed by atoms with Crippen LogP contribution in [0.2, 0.25) is 0 Å². The molecule has 1 aromatic rings. The van der Waals surface area contributed by atoms with E-state index in [-0.39, 0.29) is 0 Å². The fourth-order valence-electron chi connectivity index (χ4n) is 2.62. The zero-order chi connectivity index (χ0) is 13.3. The molecule has 0 radical (unpaired) electrons. The van der Waals surface area contributed by atoms with Gasteiger partial charge in [-0.25, -0.2) is 0 Å². The molecule has 1 fully saturated rings. The van der Waals surface area contributed by atoms with Crippen LogP contribution in [0.1, 0.15) is 25.3 Å². The summed E-state index contributed by atoms with van der Waals surface area (Å²) in [6.45, 7) is 9.29. The lowest BCUT2D eigenvalue weighted by molar-refractivity contribution is 0.237. The summed E-state index contributed by atoms with van der Waals surface area (Å²) in [5, 5.41) is 6.97. The SMILES string of the molecule is CCc1ccccc1NCCCCN1CCNCC1. The van der Waals surface area contributed by atoms with Gasteiger partial charge in [0.25, 0.3) is 0 Å². The van der Waals surface area contributed by atoms with E-state index in [4.69, 9.17) is 0 Å². The molecule has 1 heterocycles. The molecule has 0 bridgehead atoms. The van der Waals surface area contributed by atoms with Crippen molar-refractivity contribution in [2.75, 3.05) is 44.6 Å². The highest BCUT2D eigenvalue weighted by atomic mass is 15.2. The number of nitrogens with one attached hydrogen (secondary N) is 2. The second-order valence-corrected chi connectivity index (χ2v) is 5.24. The Bertz CT molecular complexity index is 359. The Morgan fingerprint density at radius 2 is 1.95 bits per heavy atom. The minimum absolute atomic E-state index is 1.09. The van der Waals surface area contributed by atoms with E-state index >= 15 is 0 Å². The fraction of sp³-hybridized carbons (Fsp3) is 0.625.